The van der Waals surface area contributed by atoms with Crippen molar-refractivity contribution >= 4 is 17.5 Å². The van der Waals surface area contributed by atoms with Gasteiger partial charge in [-0.2, -0.15) is 5.10 Å². The zero-order chi connectivity index (χ0) is 23.4. The smallest absolute Gasteiger partial charge is 0.227 e. The first-order valence-electron chi connectivity index (χ1n) is 11.1. The average Bonchev–Trinajstić information content (AvgIpc) is 3.42. The standard InChI is InChI=1S/C25H27ClFN3O3/c1-3-24(31)29(15-22-8-5-13-32-22)16-23-17(2)28-30(20-11-9-18(26)10-12-20)25(23)33-21-7-4-6-19(27)14-21/h4,6-7,9-12,14,22H,3,5,8,13,15-16H2,1-2H3/t22-/m1/s1. The van der Waals surface area contributed by atoms with Gasteiger partial charge in [-0.1, -0.05) is 24.6 Å². The lowest BCUT2D eigenvalue weighted by molar-refractivity contribution is -0.133. The van der Waals surface area contributed by atoms with E-state index in [2.05, 4.69) is 5.10 Å². The summed E-state index contributed by atoms with van der Waals surface area (Å²) in [4.78, 5) is 14.6. The Bertz CT molecular complexity index is 1110. The van der Waals surface area contributed by atoms with Crippen LogP contribution in [0.15, 0.2) is 48.5 Å². The lowest BCUT2D eigenvalue weighted by Crippen LogP contribution is -2.36. The minimum atomic E-state index is -0.399. The third-order valence-corrected chi connectivity index (χ3v) is 5.92. The number of hydrogen-bond donors (Lipinski definition) is 0. The van der Waals surface area contributed by atoms with E-state index in [-0.39, 0.29) is 12.0 Å². The maximum Gasteiger partial charge on any atom is 0.227 e. The molecule has 0 spiro atoms. The highest BCUT2D eigenvalue weighted by Gasteiger charge is 2.26. The molecule has 1 atom stereocenters. The van der Waals surface area contributed by atoms with Crippen LogP contribution >= 0.6 is 11.6 Å². The number of ether oxygens (including phenoxy) is 2. The fourth-order valence-electron chi connectivity index (χ4n) is 3.93. The maximum absolute atomic E-state index is 13.8. The largest absolute Gasteiger partial charge is 0.438 e. The van der Waals surface area contributed by atoms with Gasteiger partial charge in [0, 0.05) is 30.7 Å². The first-order valence-corrected chi connectivity index (χ1v) is 11.5. The van der Waals surface area contributed by atoms with E-state index in [1.165, 1.54) is 12.1 Å². The summed E-state index contributed by atoms with van der Waals surface area (Å²) in [6, 6.07) is 13.1. The molecule has 1 aliphatic rings. The predicted octanol–water partition coefficient (Wildman–Crippen LogP) is 5.68. The number of benzene rings is 2. The zero-order valence-corrected chi connectivity index (χ0v) is 19.5. The number of rotatable bonds is 8. The summed E-state index contributed by atoms with van der Waals surface area (Å²) in [5.74, 6) is 0.408. The Kier molecular flexibility index (Phi) is 7.30. The molecule has 1 aliphatic heterocycles. The minimum absolute atomic E-state index is 0.0275. The molecule has 0 saturated carbocycles. The Morgan fingerprint density at radius 3 is 2.76 bits per heavy atom. The molecular weight excluding hydrogens is 445 g/mol. The van der Waals surface area contributed by atoms with E-state index >= 15 is 0 Å². The van der Waals surface area contributed by atoms with Crippen LogP contribution in [0.1, 0.15) is 37.4 Å². The molecule has 0 aliphatic carbocycles. The molecule has 1 fully saturated rings. The number of carbonyl (C=O) groups is 1. The summed E-state index contributed by atoms with van der Waals surface area (Å²) in [6.45, 7) is 5.27. The predicted molar refractivity (Wildman–Crippen MR) is 124 cm³/mol. The molecule has 1 amide bonds. The fraction of sp³-hybridized carbons (Fsp3) is 0.360. The van der Waals surface area contributed by atoms with Crippen LogP contribution in [0.4, 0.5) is 4.39 Å². The first kappa shape index (κ1) is 23.3. The van der Waals surface area contributed by atoms with Crippen molar-refractivity contribution in [3.05, 3.63) is 70.6 Å². The van der Waals surface area contributed by atoms with Gasteiger partial charge in [-0.3, -0.25) is 4.79 Å². The van der Waals surface area contributed by atoms with Crippen molar-refractivity contribution in [3.63, 3.8) is 0 Å². The fourth-order valence-corrected chi connectivity index (χ4v) is 4.05. The molecule has 174 valence electrons. The number of nitrogens with zero attached hydrogens (tertiary/aromatic N) is 3. The molecule has 1 saturated heterocycles. The van der Waals surface area contributed by atoms with Crippen LogP contribution in [0.5, 0.6) is 11.6 Å². The van der Waals surface area contributed by atoms with Crippen molar-refractivity contribution in [2.45, 2.75) is 45.8 Å². The van der Waals surface area contributed by atoms with E-state index in [1.807, 2.05) is 26.0 Å². The summed E-state index contributed by atoms with van der Waals surface area (Å²) >= 11 is 6.06. The molecule has 4 rings (SSSR count). The Morgan fingerprint density at radius 1 is 1.30 bits per heavy atom. The molecule has 3 aromatic rings. The third-order valence-electron chi connectivity index (χ3n) is 5.67. The quantitative estimate of drug-likeness (QED) is 0.424. The Hall–Kier alpha value is -2.90. The lowest BCUT2D eigenvalue weighted by atomic mass is 10.2. The summed E-state index contributed by atoms with van der Waals surface area (Å²) in [5, 5.41) is 5.29. The minimum Gasteiger partial charge on any atom is -0.438 e. The molecule has 1 aromatic heterocycles. The highest BCUT2D eigenvalue weighted by atomic mass is 35.5. The van der Waals surface area contributed by atoms with Crippen molar-refractivity contribution in [1.82, 2.24) is 14.7 Å². The van der Waals surface area contributed by atoms with Gasteiger partial charge >= 0.3 is 0 Å². The monoisotopic (exact) mass is 471 g/mol. The molecule has 6 nitrogen and oxygen atoms in total. The van der Waals surface area contributed by atoms with Gasteiger partial charge < -0.3 is 14.4 Å². The van der Waals surface area contributed by atoms with Crippen LogP contribution < -0.4 is 4.74 Å². The molecule has 0 radical (unpaired) electrons. The number of aryl methyl sites for hydroxylation is 1. The molecule has 8 heteroatoms. The highest BCUT2D eigenvalue weighted by Crippen LogP contribution is 2.32. The van der Waals surface area contributed by atoms with E-state index in [1.54, 1.807) is 33.8 Å². The van der Waals surface area contributed by atoms with Gasteiger partial charge in [0.15, 0.2) is 0 Å². The van der Waals surface area contributed by atoms with Gasteiger partial charge in [-0.25, -0.2) is 9.07 Å². The second kappa shape index (κ2) is 10.4. The van der Waals surface area contributed by atoms with Crippen LogP contribution in [0.2, 0.25) is 5.02 Å². The van der Waals surface area contributed by atoms with Crippen molar-refractivity contribution in [1.29, 1.82) is 0 Å². The van der Waals surface area contributed by atoms with Gasteiger partial charge in [0.05, 0.1) is 29.6 Å². The van der Waals surface area contributed by atoms with Crippen LogP contribution in [-0.4, -0.2) is 39.8 Å². The van der Waals surface area contributed by atoms with Crippen LogP contribution in [-0.2, 0) is 16.1 Å². The lowest BCUT2D eigenvalue weighted by Gasteiger charge is -2.25. The molecular formula is C25H27ClFN3O3. The van der Waals surface area contributed by atoms with Crippen molar-refractivity contribution < 1.29 is 18.7 Å². The SMILES string of the molecule is CCC(=O)N(Cc1c(C)nn(-c2ccc(Cl)cc2)c1Oc1cccc(F)c1)C[C@H]1CCCO1. The van der Waals surface area contributed by atoms with Gasteiger partial charge in [0.25, 0.3) is 0 Å². The van der Waals surface area contributed by atoms with E-state index in [0.29, 0.717) is 36.2 Å². The van der Waals surface area contributed by atoms with Gasteiger partial charge in [-0.15, -0.1) is 0 Å². The van der Waals surface area contributed by atoms with Gasteiger partial charge in [-0.05, 0) is 56.2 Å². The molecule has 0 bridgehead atoms. The first-order chi connectivity index (χ1) is 15.9. The molecule has 33 heavy (non-hydrogen) atoms. The van der Waals surface area contributed by atoms with Crippen LogP contribution in [0, 0.1) is 12.7 Å². The van der Waals surface area contributed by atoms with E-state index in [0.717, 1.165) is 36.4 Å². The second-order valence-electron chi connectivity index (χ2n) is 8.08. The highest BCUT2D eigenvalue weighted by molar-refractivity contribution is 6.30. The Balaban J connectivity index is 1.73. The van der Waals surface area contributed by atoms with E-state index in [4.69, 9.17) is 21.1 Å². The zero-order valence-electron chi connectivity index (χ0n) is 18.8. The molecule has 2 aromatic carbocycles. The molecule has 2 heterocycles. The Morgan fingerprint density at radius 2 is 2.09 bits per heavy atom. The average molecular weight is 472 g/mol. The summed E-state index contributed by atoms with van der Waals surface area (Å²) < 4.78 is 27.4. The van der Waals surface area contributed by atoms with Crippen LogP contribution in [0.25, 0.3) is 5.69 Å². The summed E-state index contributed by atoms with van der Waals surface area (Å²) in [7, 11) is 0. The Labute approximate surface area is 197 Å². The van der Waals surface area contributed by atoms with Crippen molar-refractivity contribution in [2.75, 3.05) is 13.2 Å². The molecule has 0 N–H and O–H groups in total. The number of carbonyl (C=O) groups excluding carboxylic acids is 1. The number of hydrogen-bond acceptors (Lipinski definition) is 4. The summed E-state index contributed by atoms with van der Waals surface area (Å²) in [5.41, 5.74) is 2.22. The number of amides is 1. The molecule has 0 unspecified atom stereocenters. The van der Waals surface area contributed by atoms with Crippen molar-refractivity contribution in [2.24, 2.45) is 0 Å². The van der Waals surface area contributed by atoms with Gasteiger partial charge in [0.2, 0.25) is 11.8 Å². The summed E-state index contributed by atoms with van der Waals surface area (Å²) in [6.07, 6.45) is 2.35. The number of aromatic nitrogens is 2. The third kappa shape index (κ3) is 5.54. The van der Waals surface area contributed by atoms with Crippen molar-refractivity contribution in [3.8, 4) is 17.3 Å². The van der Waals surface area contributed by atoms with E-state index in [9.17, 15) is 9.18 Å². The van der Waals surface area contributed by atoms with Gasteiger partial charge in [0.1, 0.15) is 11.6 Å². The topological polar surface area (TPSA) is 56.6 Å². The normalized spacial score (nSPS) is 15.6. The van der Waals surface area contributed by atoms with Crippen LogP contribution in [0.3, 0.4) is 0 Å². The van der Waals surface area contributed by atoms with E-state index < -0.39 is 5.82 Å². The second-order valence-corrected chi connectivity index (χ2v) is 8.52. The number of halogens is 2. The maximum atomic E-state index is 13.8.